The van der Waals surface area contributed by atoms with E-state index in [4.69, 9.17) is 0 Å². The van der Waals surface area contributed by atoms with E-state index in [1.807, 2.05) is 49.4 Å². The first kappa shape index (κ1) is 21.1. The Kier molecular flexibility index (Phi) is 5.33. The molecule has 2 aromatic heterocycles. The third-order valence-corrected chi connectivity index (χ3v) is 6.95. The van der Waals surface area contributed by atoms with Gasteiger partial charge in [0.1, 0.15) is 6.04 Å². The van der Waals surface area contributed by atoms with Gasteiger partial charge in [0.2, 0.25) is 11.8 Å². The molecule has 3 N–H and O–H groups in total. The lowest BCUT2D eigenvalue weighted by Gasteiger charge is -2.19. The van der Waals surface area contributed by atoms with Gasteiger partial charge in [0, 0.05) is 42.2 Å². The van der Waals surface area contributed by atoms with Crippen molar-refractivity contribution < 1.29 is 19.5 Å². The summed E-state index contributed by atoms with van der Waals surface area (Å²) >= 11 is 1.58. The number of carbonyl (C=O) groups is 3. The van der Waals surface area contributed by atoms with Gasteiger partial charge < -0.3 is 20.3 Å². The van der Waals surface area contributed by atoms with Gasteiger partial charge in [-0.2, -0.15) is 0 Å². The molecule has 5 rings (SSSR count). The number of aromatic nitrogens is 2. The maximum atomic E-state index is 12.9. The summed E-state index contributed by atoms with van der Waals surface area (Å²) < 4.78 is 1.04. The van der Waals surface area contributed by atoms with Crippen molar-refractivity contribution in [1.82, 2.24) is 15.3 Å². The number of benzene rings is 2. The van der Waals surface area contributed by atoms with Crippen LogP contribution >= 0.6 is 11.3 Å². The summed E-state index contributed by atoms with van der Waals surface area (Å²) in [6.07, 6.45) is 1.96. The highest BCUT2D eigenvalue weighted by Gasteiger charge is 2.37. The Balaban J connectivity index is 1.30. The number of aryl methyl sites for hydroxylation is 1. The molecule has 1 aliphatic heterocycles. The number of H-pyrrole nitrogens is 1. The highest BCUT2D eigenvalue weighted by Crippen LogP contribution is 2.30. The average molecular weight is 463 g/mol. The Morgan fingerprint density at radius 2 is 2.12 bits per heavy atom. The van der Waals surface area contributed by atoms with Crippen molar-refractivity contribution in [1.29, 1.82) is 0 Å². The van der Waals surface area contributed by atoms with Gasteiger partial charge in [0.05, 0.1) is 21.1 Å². The van der Waals surface area contributed by atoms with E-state index < -0.39 is 23.8 Å². The highest BCUT2D eigenvalue weighted by atomic mass is 32.1. The van der Waals surface area contributed by atoms with Crippen LogP contribution in [0.25, 0.3) is 21.1 Å². The van der Waals surface area contributed by atoms with E-state index in [1.54, 1.807) is 22.4 Å². The van der Waals surface area contributed by atoms with Crippen LogP contribution in [0.3, 0.4) is 0 Å². The van der Waals surface area contributed by atoms with E-state index in [-0.39, 0.29) is 25.3 Å². The molecule has 2 unspecified atom stereocenters. The van der Waals surface area contributed by atoms with Gasteiger partial charge in [-0.3, -0.25) is 9.59 Å². The lowest BCUT2D eigenvalue weighted by molar-refractivity contribution is -0.142. The van der Waals surface area contributed by atoms with Gasteiger partial charge in [0.25, 0.3) is 0 Å². The van der Waals surface area contributed by atoms with Crippen LogP contribution < -0.4 is 10.2 Å². The number of carbonyl (C=O) groups excluding carboxylic acids is 2. The van der Waals surface area contributed by atoms with E-state index in [0.717, 1.165) is 31.7 Å². The summed E-state index contributed by atoms with van der Waals surface area (Å²) in [6, 6.07) is 12.2. The third kappa shape index (κ3) is 4.07. The number of thiazole rings is 1. The second-order valence-corrected chi connectivity index (χ2v) is 9.49. The molecule has 0 aliphatic carbocycles. The fourth-order valence-electron chi connectivity index (χ4n) is 4.34. The average Bonchev–Trinajstić information content (AvgIpc) is 3.48. The molecule has 0 bridgehead atoms. The molecule has 0 spiro atoms. The Morgan fingerprint density at radius 1 is 1.30 bits per heavy atom. The van der Waals surface area contributed by atoms with Crippen LogP contribution in [0.5, 0.6) is 0 Å². The van der Waals surface area contributed by atoms with Crippen molar-refractivity contribution in [3.8, 4) is 0 Å². The molecule has 2 amide bonds. The zero-order chi connectivity index (χ0) is 23.1. The largest absolute Gasteiger partial charge is 0.480 e. The van der Waals surface area contributed by atoms with Crippen LogP contribution in [-0.4, -0.2) is 45.4 Å². The molecule has 33 heavy (non-hydrogen) atoms. The Bertz CT molecular complexity index is 1390. The monoisotopic (exact) mass is 462 g/mol. The first-order valence-electron chi connectivity index (χ1n) is 10.6. The number of amides is 2. The highest BCUT2D eigenvalue weighted by molar-refractivity contribution is 7.18. The maximum absolute atomic E-state index is 12.9. The molecule has 1 saturated heterocycles. The molecule has 1 fully saturated rings. The SMILES string of the molecule is Cc1nc2cc(N3CC(C(=O)NC(Cc4c[nH]c5ccccc45)C(=O)O)CC3=O)ccc2s1. The van der Waals surface area contributed by atoms with Crippen molar-refractivity contribution in [2.24, 2.45) is 5.92 Å². The second kappa shape index (κ2) is 8.32. The summed E-state index contributed by atoms with van der Waals surface area (Å²) in [5, 5.41) is 14.2. The Hall–Kier alpha value is -3.72. The van der Waals surface area contributed by atoms with Gasteiger partial charge in [-0.15, -0.1) is 11.3 Å². The number of aromatic amines is 1. The first-order valence-corrected chi connectivity index (χ1v) is 11.5. The Morgan fingerprint density at radius 3 is 2.94 bits per heavy atom. The summed E-state index contributed by atoms with van der Waals surface area (Å²) in [4.78, 5) is 46.6. The minimum absolute atomic E-state index is 0.0411. The number of fused-ring (bicyclic) bond motifs is 2. The van der Waals surface area contributed by atoms with Crippen LogP contribution in [0.1, 0.15) is 17.0 Å². The maximum Gasteiger partial charge on any atom is 0.326 e. The van der Waals surface area contributed by atoms with Crippen LogP contribution in [0, 0.1) is 12.8 Å². The summed E-state index contributed by atoms with van der Waals surface area (Å²) in [5.41, 5.74) is 3.24. The van der Waals surface area contributed by atoms with Crippen molar-refractivity contribution in [3.63, 3.8) is 0 Å². The number of rotatable bonds is 6. The number of carboxylic acids is 1. The summed E-state index contributed by atoms with van der Waals surface area (Å²) in [6.45, 7) is 2.14. The molecular formula is C24H22N4O4S. The minimum atomic E-state index is -1.11. The van der Waals surface area contributed by atoms with Gasteiger partial charge in [-0.25, -0.2) is 9.78 Å². The topological polar surface area (TPSA) is 115 Å². The van der Waals surface area contributed by atoms with E-state index in [0.29, 0.717) is 5.69 Å². The number of carboxylic acid groups (broad SMARTS) is 1. The predicted octanol–water partition coefficient (Wildman–Crippen LogP) is 3.25. The molecule has 8 nitrogen and oxygen atoms in total. The molecule has 0 radical (unpaired) electrons. The van der Waals surface area contributed by atoms with Gasteiger partial charge in [-0.1, -0.05) is 18.2 Å². The van der Waals surface area contributed by atoms with E-state index in [1.165, 1.54) is 0 Å². The molecule has 2 atom stereocenters. The number of hydrogen-bond donors (Lipinski definition) is 3. The molecular weight excluding hydrogens is 440 g/mol. The number of nitrogens with one attached hydrogen (secondary N) is 2. The first-order chi connectivity index (χ1) is 15.9. The fraction of sp³-hybridized carbons (Fsp3) is 0.250. The lowest BCUT2D eigenvalue weighted by Crippen LogP contribution is -2.45. The minimum Gasteiger partial charge on any atom is -0.480 e. The molecule has 3 heterocycles. The van der Waals surface area contributed by atoms with Gasteiger partial charge >= 0.3 is 5.97 Å². The fourth-order valence-corrected chi connectivity index (χ4v) is 5.15. The normalized spacial score (nSPS) is 17.1. The van der Waals surface area contributed by atoms with E-state index in [9.17, 15) is 19.5 Å². The van der Waals surface area contributed by atoms with E-state index in [2.05, 4.69) is 15.3 Å². The van der Waals surface area contributed by atoms with Crippen LogP contribution in [0.15, 0.2) is 48.7 Å². The molecule has 4 aromatic rings. The predicted molar refractivity (Wildman–Crippen MR) is 126 cm³/mol. The molecule has 0 saturated carbocycles. The van der Waals surface area contributed by atoms with Crippen LogP contribution in [0.2, 0.25) is 0 Å². The molecule has 2 aromatic carbocycles. The standard InChI is InChI=1S/C24H22N4O4S/c1-13-26-19-10-16(6-7-21(19)33-13)28-12-15(9-22(28)29)23(30)27-20(24(31)32)8-14-11-25-18-5-3-2-4-17(14)18/h2-7,10-11,15,20,25H,8-9,12H2,1H3,(H,27,30)(H,31,32). The quantitative estimate of drug-likeness (QED) is 0.407. The van der Waals surface area contributed by atoms with Crippen molar-refractivity contribution in [3.05, 3.63) is 59.2 Å². The zero-order valence-electron chi connectivity index (χ0n) is 17.9. The summed E-state index contributed by atoms with van der Waals surface area (Å²) in [5.74, 6) is -2.32. The van der Waals surface area contributed by atoms with Crippen molar-refractivity contribution >= 4 is 55.9 Å². The summed E-state index contributed by atoms with van der Waals surface area (Å²) in [7, 11) is 0. The number of para-hydroxylation sites is 1. The molecule has 1 aliphatic rings. The van der Waals surface area contributed by atoms with Crippen LogP contribution in [-0.2, 0) is 20.8 Å². The van der Waals surface area contributed by atoms with Crippen molar-refractivity contribution in [2.45, 2.75) is 25.8 Å². The number of hydrogen-bond acceptors (Lipinski definition) is 5. The van der Waals surface area contributed by atoms with Gasteiger partial charge in [0.15, 0.2) is 0 Å². The second-order valence-electron chi connectivity index (χ2n) is 8.25. The van der Waals surface area contributed by atoms with Crippen LogP contribution in [0.4, 0.5) is 5.69 Å². The number of anilines is 1. The van der Waals surface area contributed by atoms with E-state index >= 15 is 0 Å². The third-order valence-electron chi connectivity index (χ3n) is 6.00. The van der Waals surface area contributed by atoms with Crippen molar-refractivity contribution in [2.75, 3.05) is 11.4 Å². The Labute approximate surface area is 193 Å². The van der Waals surface area contributed by atoms with Gasteiger partial charge in [-0.05, 0) is 36.8 Å². The zero-order valence-corrected chi connectivity index (χ0v) is 18.7. The molecule has 168 valence electrons. The number of nitrogens with zero attached hydrogens (tertiary/aromatic N) is 2. The lowest BCUT2D eigenvalue weighted by atomic mass is 10.0. The smallest absolute Gasteiger partial charge is 0.326 e. The molecule has 9 heteroatoms. The number of aliphatic carboxylic acids is 1.